The third-order valence-electron chi connectivity index (χ3n) is 3.76. The maximum absolute atomic E-state index is 12.4. The predicted octanol–water partition coefficient (Wildman–Crippen LogP) is 3.02. The van der Waals surface area contributed by atoms with E-state index in [-0.39, 0.29) is 11.2 Å². The molecule has 0 aliphatic rings. The Morgan fingerprint density at radius 1 is 1.42 bits per heavy atom. The molecule has 0 radical (unpaired) electrons. The number of carbonyl (C=O) groups excluding carboxylic acids is 1. The topological polar surface area (TPSA) is 73.0 Å². The predicted molar refractivity (Wildman–Crippen MR) is 93.9 cm³/mol. The van der Waals surface area contributed by atoms with Crippen LogP contribution in [-0.2, 0) is 11.3 Å². The fourth-order valence-corrected chi connectivity index (χ4v) is 3.29. The van der Waals surface area contributed by atoms with Crippen LogP contribution in [0.1, 0.15) is 19.2 Å². The maximum Gasteiger partial charge on any atom is 0.257 e. The van der Waals surface area contributed by atoms with E-state index in [1.165, 1.54) is 11.8 Å². The molecule has 3 aromatic rings. The number of nitrogens with zero attached hydrogens (tertiary/aromatic N) is 3. The van der Waals surface area contributed by atoms with E-state index in [4.69, 9.17) is 4.42 Å². The summed E-state index contributed by atoms with van der Waals surface area (Å²) in [6.07, 6.45) is 4.38. The number of para-hydroxylation sites is 2. The number of imidazole rings is 1. The number of carbonyl (C=O) groups is 1. The summed E-state index contributed by atoms with van der Waals surface area (Å²) >= 11 is 1.36. The van der Waals surface area contributed by atoms with Crippen LogP contribution in [-0.4, -0.2) is 32.2 Å². The Morgan fingerprint density at radius 3 is 2.96 bits per heavy atom. The minimum Gasteiger partial charge on any atom is -0.431 e. The average molecular weight is 344 g/mol. The molecule has 0 saturated heterocycles. The lowest BCUT2D eigenvalue weighted by Gasteiger charge is -2.13. The lowest BCUT2D eigenvalue weighted by molar-refractivity contribution is -0.120. The second-order valence-corrected chi connectivity index (χ2v) is 6.58. The molecular formula is C17H20N4O2S. The van der Waals surface area contributed by atoms with Gasteiger partial charge in [0.05, 0.1) is 5.25 Å². The number of amides is 1. The molecule has 1 amide bonds. The number of hydrogen-bond acceptors (Lipinski definition) is 5. The Hall–Kier alpha value is -2.28. The molecule has 0 fully saturated rings. The summed E-state index contributed by atoms with van der Waals surface area (Å²) in [7, 11) is 0. The average Bonchev–Trinajstić information content (AvgIpc) is 3.18. The van der Waals surface area contributed by atoms with Gasteiger partial charge in [0.25, 0.3) is 5.22 Å². The molecular weight excluding hydrogens is 324 g/mol. The van der Waals surface area contributed by atoms with Crippen LogP contribution in [0.4, 0.5) is 0 Å². The fourth-order valence-electron chi connectivity index (χ4n) is 2.40. The van der Waals surface area contributed by atoms with E-state index in [1.54, 1.807) is 6.20 Å². The van der Waals surface area contributed by atoms with Gasteiger partial charge in [-0.05, 0) is 25.5 Å². The quantitative estimate of drug-likeness (QED) is 0.667. The van der Waals surface area contributed by atoms with Crippen LogP contribution >= 0.6 is 11.8 Å². The molecule has 0 spiro atoms. The molecule has 7 heteroatoms. The summed E-state index contributed by atoms with van der Waals surface area (Å²) < 4.78 is 7.70. The maximum atomic E-state index is 12.4. The van der Waals surface area contributed by atoms with Crippen molar-refractivity contribution in [2.75, 3.05) is 6.54 Å². The second-order valence-electron chi connectivity index (χ2n) is 5.42. The molecule has 24 heavy (non-hydrogen) atoms. The third-order valence-corrected chi connectivity index (χ3v) is 4.96. The lowest BCUT2D eigenvalue weighted by atomic mass is 10.3. The number of aromatic nitrogens is 3. The Bertz CT molecular complexity index is 794. The van der Waals surface area contributed by atoms with Gasteiger partial charge in [-0.15, -0.1) is 0 Å². The van der Waals surface area contributed by atoms with Crippen LogP contribution in [0.25, 0.3) is 11.1 Å². The Labute approximate surface area is 144 Å². The highest BCUT2D eigenvalue weighted by molar-refractivity contribution is 8.00. The van der Waals surface area contributed by atoms with Gasteiger partial charge in [0.2, 0.25) is 5.91 Å². The van der Waals surface area contributed by atoms with Crippen LogP contribution in [0.5, 0.6) is 0 Å². The van der Waals surface area contributed by atoms with Gasteiger partial charge >= 0.3 is 0 Å². The number of thioether (sulfide) groups is 1. The van der Waals surface area contributed by atoms with Crippen molar-refractivity contribution in [1.82, 2.24) is 19.9 Å². The van der Waals surface area contributed by atoms with Crippen LogP contribution in [0.15, 0.2) is 46.3 Å². The number of aryl methyl sites for hydroxylation is 1. The van der Waals surface area contributed by atoms with Crippen LogP contribution < -0.4 is 5.32 Å². The zero-order valence-electron chi connectivity index (χ0n) is 13.7. The van der Waals surface area contributed by atoms with E-state index in [1.807, 2.05) is 48.9 Å². The molecule has 0 saturated carbocycles. The molecule has 3 rings (SSSR count). The highest BCUT2D eigenvalue weighted by Crippen LogP contribution is 2.28. The summed E-state index contributed by atoms with van der Waals surface area (Å²) in [5, 5.41) is 3.29. The molecule has 1 atom stereocenters. The molecule has 0 unspecified atom stereocenters. The van der Waals surface area contributed by atoms with Gasteiger partial charge in [-0.25, -0.2) is 9.97 Å². The van der Waals surface area contributed by atoms with Gasteiger partial charge in [0.15, 0.2) is 5.58 Å². The molecule has 2 heterocycles. The summed E-state index contributed by atoms with van der Waals surface area (Å²) in [5.74, 6) is 0.944. The Kier molecular flexibility index (Phi) is 5.20. The first-order valence-electron chi connectivity index (χ1n) is 7.95. The SMILES string of the molecule is CC[C@@H](Sc1nc2ccccc2o1)C(=O)NCCn1ccnc1C. The zero-order chi connectivity index (χ0) is 16.9. The summed E-state index contributed by atoms with van der Waals surface area (Å²) in [6.45, 7) is 5.21. The number of hydrogen-bond donors (Lipinski definition) is 1. The highest BCUT2D eigenvalue weighted by Gasteiger charge is 2.20. The van der Waals surface area contributed by atoms with Crippen molar-refractivity contribution in [2.45, 2.75) is 37.3 Å². The van der Waals surface area contributed by atoms with E-state index in [0.717, 1.165) is 16.9 Å². The number of nitrogens with one attached hydrogen (secondary N) is 1. The number of benzene rings is 1. The van der Waals surface area contributed by atoms with Gasteiger partial charge in [-0.2, -0.15) is 0 Å². The molecule has 1 N–H and O–H groups in total. The number of oxazole rings is 1. The molecule has 1 aromatic carbocycles. The largest absolute Gasteiger partial charge is 0.431 e. The van der Waals surface area contributed by atoms with Gasteiger partial charge < -0.3 is 14.3 Å². The van der Waals surface area contributed by atoms with Crippen molar-refractivity contribution in [3.63, 3.8) is 0 Å². The molecule has 0 aliphatic heterocycles. The smallest absolute Gasteiger partial charge is 0.257 e. The first-order valence-corrected chi connectivity index (χ1v) is 8.83. The molecule has 126 valence electrons. The standard InChI is InChI=1S/C17H20N4O2S/c1-3-15(16(22)19-9-11-21-10-8-18-12(21)2)24-17-20-13-6-4-5-7-14(13)23-17/h4-8,10,15H,3,9,11H2,1-2H3,(H,19,22)/t15-/m1/s1. The van der Waals surface area contributed by atoms with E-state index < -0.39 is 0 Å². The second kappa shape index (κ2) is 7.53. The first kappa shape index (κ1) is 16.6. The van der Waals surface area contributed by atoms with E-state index in [9.17, 15) is 4.79 Å². The summed E-state index contributed by atoms with van der Waals surface area (Å²) in [5.41, 5.74) is 1.55. The van der Waals surface area contributed by atoms with Crippen molar-refractivity contribution in [3.8, 4) is 0 Å². The fraction of sp³-hybridized carbons (Fsp3) is 0.353. The molecule has 2 aromatic heterocycles. The third kappa shape index (κ3) is 3.79. The van der Waals surface area contributed by atoms with E-state index in [0.29, 0.717) is 24.7 Å². The van der Waals surface area contributed by atoms with Gasteiger partial charge in [-0.1, -0.05) is 30.8 Å². The zero-order valence-corrected chi connectivity index (χ0v) is 14.5. The van der Waals surface area contributed by atoms with Crippen molar-refractivity contribution >= 4 is 28.8 Å². The van der Waals surface area contributed by atoms with Crippen LogP contribution in [0, 0.1) is 6.92 Å². The van der Waals surface area contributed by atoms with E-state index >= 15 is 0 Å². The first-order chi connectivity index (χ1) is 11.7. The molecule has 0 aliphatic carbocycles. The van der Waals surface area contributed by atoms with Crippen molar-refractivity contribution in [2.24, 2.45) is 0 Å². The normalized spacial score (nSPS) is 12.4. The van der Waals surface area contributed by atoms with Crippen LogP contribution in [0.3, 0.4) is 0 Å². The van der Waals surface area contributed by atoms with Crippen molar-refractivity contribution in [1.29, 1.82) is 0 Å². The monoisotopic (exact) mass is 344 g/mol. The van der Waals surface area contributed by atoms with Crippen molar-refractivity contribution in [3.05, 3.63) is 42.5 Å². The van der Waals surface area contributed by atoms with Crippen molar-refractivity contribution < 1.29 is 9.21 Å². The van der Waals surface area contributed by atoms with Gasteiger partial charge in [-0.3, -0.25) is 4.79 Å². The molecule has 0 bridgehead atoms. The molecule has 6 nitrogen and oxygen atoms in total. The number of rotatable bonds is 7. The minimum atomic E-state index is -0.220. The van der Waals surface area contributed by atoms with Gasteiger partial charge in [0, 0.05) is 25.5 Å². The summed E-state index contributed by atoms with van der Waals surface area (Å²) in [6, 6.07) is 7.60. The lowest BCUT2D eigenvalue weighted by Crippen LogP contribution is -2.34. The Balaban J connectivity index is 1.56. The minimum absolute atomic E-state index is 0.00234. The Morgan fingerprint density at radius 2 is 2.25 bits per heavy atom. The van der Waals surface area contributed by atoms with E-state index in [2.05, 4.69) is 15.3 Å². The van der Waals surface area contributed by atoms with Gasteiger partial charge in [0.1, 0.15) is 11.3 Å². The summed E-state index contributed by atoms with van der Waals surface area (Å²) in [4.78, 5) is 21.0. The van der Waals surface area contributed by atoms with Crippen LogP contribution in [0.2, 0.25) is 0 Å². The number of fused-ring (bicyclic) bond motifs is 1. The highest BCUT2D eigenvalue weighted by atomic mass is 32.2.